The van der Waals surface area contributed by atoms with Crippen molar-refractivity contribution in [2.45, 2.75) is 214 Å². The molecule has 5 aliphatic rings. The quantitative estimate of drug-likeness (QED) is 0.0383. The molecule has 5 heterocycles. The van der Waals surface area contributed by atoms with Gasteiger partial charge in [0.2, 0.25) is 0 Å². The van der Waals surface area contributed by atoms with Crippen LogP contribution in [0.5, 0.6) is 0 Å². The van der Waals surface area contributed by atoms with Gasteiger partial charge in [0.15, 0.2) is 0 Å². The molecule has 5 fully saturated rings. The molecule has 23 heteroatoms. The zero-order chi connectivity index (χ0) is 83.2. The maximum absolute atomic E-state index is 10.2. The van der Waals surface area contributed by atoms with Gasteiger partial charge in [-0.25, -0.2) is 0 Å². The monoisotopic (exact) mass is 1800 g/mol. The summed E-state index contributed by atoms with van der Waals surface area (Å²) in [6.45, 7) is 45.3. The van der Waals surface area contributed by atoms with E-state index in [9.17, 15) is 4.79 Å². The largest absolute Gasteiger partial charge is 0.494 e. The van der Waals surface area contributed by atoms with Crippen LogP contribution in [0.2, 0.25) is 20.1 Å². The topological polar surface area (TPSA) is 109 Å². The molecular formula is C90H108B5BrCl4IO11P. The van der Waals surface area contributed by atoms with E-state index in [-0.39, 0.29) is 77.4 Å². The van der Waals surface area contributed by atoms with Crippen LogP contribution >= 0.6 is 89.8 Å². The van der Waals surface area contributed by atoms with Crippen LogP contribution < -0.4 is 32.3 Å². The Bertz CT molecular complexity index is 4420. The molecule has 9 aromatic carbocycles. The molecule has 11 nitrogen and oxygen atoms in total. The number of rotatable bonds is 12. The van der Waals surface area contributed by atoms with E-state index in [2.05, 4.69) is 299 Å². The summed E-state index contributed by atoms with van der Waals surface area (Å²) in [5.41, 5.74) is 6.20. The molecule has 5 aliphatic heterocycles. The van der Waals surface area contributed by atoms with E-state index in [0.29, 0.717) is 31.9 Å². The second-order valence-corrected chi connectivity index (χ2v) is 46.3. The maximum Gasteiger partial charge on any atom is 0.494 e. The zero-order valence-corrected chi connectivity index (χ0v) is 77.1. The Labute approximate surface area is 717 Å². The molecule has 5 saturated heterocycles. The van der Waals surface area contributed by atoms with Crippen LogP contribution in [0.1, 0.15) is 177 Å². The van der Waals surface area contributed by atoms with Gasteiger partial charge in [-0.05, 0) is 218 Å². The summed E-state index contributed by atoms with van der Waals surface area (Å²) in [5.74, 6) is 0. The molecule has 0 aliphatic carbocycles. The third-order valence-electron chi connectivity index (χ3n) is 23.1. The van der Waals surface area contributed by atoms with Crippen molar-refractivity contribution in [3.8, 4) is 0 Å². The van der Waals surface area contributed by atoms with Crippen LogP contribution in [-0.4, -0.2) is 97.7 Å². The van der Waals surface area contributed by atoms with E-state index in [1.807, 2.05) is 104 Å². The second kappa shape index (κ2) is 36.4. The SMILES string of the molecule is CC1(C)OB(B2OC(C)(C)C(C)(C)O2)OC1(C)C.CC1(C)OB(c2ccc(/C=C/c3cc(Cl)cc(Cl)c3)cc2)OC1(C)C.CC1(C)OB(c2ccc(CP(Br)(c3ccccc3)(c3ccccc3)c3ccccc3)cc2)OC1(C)C.Cc1ccc(B2OC(C)(C)C(C)(C)O2)cc1.Cc1ccc(I)cc1.O=Cc1cc(Cl)cc(Cl)c1. The van der Waals surface area contributed by atoms with E-state index in [1.165, 1.54) is 36.2 Å². The maximum atomic E-state index is 10.2. The fraction of sp³-hybridized carbons (Fsp3) is 0.367. The van der Waals surface area contributed by atoms with Gasteiger partial charge in [-0.1, -0.05) is 130 Å². The Kier molecular flexibility index (Phi) is 29.6. The van der Waals surface area contributed by atoms with Crippen LogP contribution in [-0.2, 0) is 52.7 Å². The Balaban J connectivity index is 0.000000166. The second-order valence-electron chi connectivity index (χ2n) is 34.3. The van der Waals surface area contributed by atoms with E-state index in [0.717, 1.165) is 33.7 Å². The molecule has 0 N–H and O–H groups in total. The third-order valence-corrected chi connectivity index (χ3v) is 34.2. The number of carbonyl (C=O) groups excluding carboxylic acids is 1. The van der Waals surface area contributed by atoms with Gasteiger partial charge in [0, 0.05) is 29.2 Å². The van der Waals surface area contributed by atoms with E-state index < -0.39 is 19.3 Å². The number of aryl methyl sites for hydroxylation is 2. The van der Waals surface area contributed by atoms with Crippen molar-refractivity contribution in [2.24, 2.45) is 0 Å². The fourth-order valence-corrected chi connectivity index (χ4v) is 21.7. The number of hydrogen-bond acceptors (Lipinski definition) is 11. The van der Waals surface area contributed by atoms with E-state index in [4.69, 9.17) is 92.9 Å². The van der Waals surface area contributed by atoms with Crippen LogP contribution in [0.3, 0.4) is 0 Å². The van der Waals surface area contributed by atoms with Crippen molar-refractivity contribution in [2.75, 3.05) is 0 Å². The third kappa shape index (κ3) is 22.2. The minimum absolute atomic E-state index is 0.245. The smallest absolute Gasteiger partial charge is 0.399 e. The number of aldehydes is 1. The Morgan fingerprint density at radius 1 is 0.327 bits per heavy atom. The van der Waals surface area contributed by atoms with Crippen LogP contribution in [0.25, 0.3) is 12.2 Å². The molecule has 14 rings (SSSR count). The molecule has 0 spiro atoms. The molecule has 0 amide bonds. The van der Waals surface area contributed by atoms with Gasteiger partial charge in [-0.2, -0.15) is 0 Å². The summed E-state index contributed by atoms with van der Waals surface area (Å²) in [4.78, 5) is 10.2. The number of hydrogen-bond donors (Lipinski definition) is 0. The molecule has 113 heavy (non-hydrogen) atoms. The molecule has 0 radical (unpaired) electrons. The van der Waals surface area contributed by atoms with Crippen molar-refractivity contribution in [1.29, 1.82) is 0 Å². The summed E-state index contributed by atoms with van der Waals surface area (Å²) in [6.07, 6.45) is 5.57. The van der Waals surface area contributed by atoms with E-state index in [1.54, 1.807) is 24.3 Å². The molecule has 596 valence electrons. The van der Waals surface area contributed by atoms with Crippen molar-refractivity contribution >= 4 is 176 Å². The normalized spacial score (nSPS) is 19.6. The molecule has 0 unspecified atom stereocenters. The minimum atomic E-state index is -3.03. The van der Waals surface area contributed by atoms with Crippen molar-refractivity contribution in [3.63, 3.8) is 0 Å². The van der Waals surface area contributed by atoms with Gasteiger partial charge in [0.05, 0.1) is 44.8 Å². The first-order chi connectivity index (χ1) is 52.5. The standard InChI is InChI=1S/C31H33BBrO2P.C20H21BCl2O2.C13H19BO2.C12H24B2O4.C7H4Cl2O.C7H7I/c1-30(2)31(3,4)35-32(34-30)26-22-20-25(21-23-26)24-36(33,27-14-8-5-9-15-27,28-16-10-6-11-17-28)29-18-12-7-13-19-29;1-19(2)20(3,4)25-21(24-19)16-9-7-14(8-10-16)5-6-15-11-17(22)13-18(23)12-15;1-10-6-8-11(9-7-10)14-15-12(2,3)13(4,5)16-14;1-9(2)10(3,4)16-13(15-9)14-17-11(5,6)12(7,8)18-14;8-6-1-5(4-10)2-7(9)3-6;1-6-2-4-7(8)5-3-6/h5-23H,24H2,1-4H3;5-13H,1-4H3;6-9H,1-5H3;1-8H3;1-4H;2-5H,1H3/b;6-5+;;;;. The number of carbonyl (C=O) groups is 1. The van der Waals surface area contributed by atoms with Gasteiger partial charge in [-0.3, -0.25) is 4.79 Å². The summed E-state index contributed by atoms with van der Waals surface area (Å²) in [7, 11) is -1.90. The molecule has 0 aromatic heterocycles. The van der Waals surface area contributed by atoms with Gasteiger partial charge in [0.1, 0.15) is 6.29 Å². The average Bonchev–Trinajstić information content (AvgIpc) is 1.61. The average molecular weight is 1800 g/mol. The van der Waals surface area contributed by atoms with Crippen LogP contribution in [0.4, 0.5) is 0 Å². The molecule has 9 aromatic rings. The Hall–Kier alpha value is -4.89. The first kappa shape index (κ1) is 92.0. The number of benzene rings is 9. The summed E-state index contributed by atoms with van der Waals surface area (Å²) >= 11 is 30.1. The predicted octanol–water partition coefficient (Wildman–Crippen LogP) is 21.7. The van der Waals surface area contributed by atoms with Gasteiger partial charge < -0.3 is 37.2 Å². The minimum Gasteiger partial charge on any atom is -0.399 e. The van der Waals surface area contributed by atoms with Crippen LogP contribution in [0.15, 0.2) is 224 Å². The molecule has 0 bridgehead atoms. The van der Waals surface area contributed by atoms with Crippen molar-refractivity contribution < 1.29 is 51.3 Å². The summed E-state index contributed by atoms with van der Waals surface area (Å²) in [6, 6.07) is 76.6. The molecular weight excluding hydrogens is 1690 g/mol. The van der Waals surface area contributed by atoms with Crippen molar-refractivity contribution in [3.05, 3.63) is 281 Å². The Morgan fingerprint density at radius 2 is 0.575 bits per heavy atom. The summed E-state index contributed by atoms with van der Waals surface area (Å²) in [5, 5.41) is 3.14. The van der Waals surface area contributed by atoms with Gasteiger partial charge in [-0.15, -0.1) is 0 Å². The van der Waals surface area contributed by atoms with Gasteiger partial charge in [0.25, 0.3) is 0 Å². The van der Waals surface area contributed by atoms with E-state index >= 15 is 0 Å². The predicted molar refractivity (Wildman–Crippen MR) is 492 cm³/mol. The molecule has 0 atom stereocenters. The van der Waals surface area contributed by atoms with Crippen molar-refractivity contribution in [1.82, 2.24) is 0 Å². The Morgan fingerprint density at radius 3 is 0.858 bits per heavy atom. The number of halogens is 6. The van der Waals surface area contributed by atoms with Crippen LogP contribution in [0, 0.1) is 17.4 Å². The first-order valence-electron chi connectivity index (χ1n) is 38.2. The zero-order valence-electron chi connectivity index (χ0n) is 69.4. The molecule has 0 saturated carbocycles. The fourth-order valence-electron chi connectivity index (χ4n) is 12.5. The summed E-state index contributed by atoms with van der Waals surface area (Å²) < 4.78 is 61.8. The first-order valence-corrected chi connectivity index (χ1v) is 45.2. The van der Waals surface area contributed by atoms with Gasteiger partial charge >= 0.3 is 253 Å².